The van der Waals surface area contributed by atoms with Crippen molar-refractivity contribution < 1.29 is 4.74 Å². The number of hydrogen-bond donors (Lipinski definition) is 0. The number of para-hydroxylation sites is 4. The molecule has 0 N–H and O–H groups in total. The molecule has 0 radical (unpaired) electrons. The predicted molar refractivity (Wildman–Crippen MR) is 217 cm³/mol. The third-order valence-corrected chi connectivity index (χ3v) is 10.9. The highest BCUT2D eigenvalue weighted by atomic mass is 16.5. The second-order valence-corrected chi connectivity index (χ2v) is 13.8. The van der Waals surface area contributed by atoms with Gasteiger partial charge in [-0.3, -0.25) is 4.57 Å². The molecule has 8 aromatic carbocycles. The Balaban J connectivity index is 1.08. The lowest BCUT2D eigenvalue weighted by molar-refractivity contribution is 0.491. The Morgan fingerprint density at radius 1 is 0.434 bits per heavy atom. The van der Waals surface area contributed by atoms with Crippen LogP contribution >= 0.6 is 0 Å². The average Bonchev–Trinajstić information content (AvgIpc) is 3.73. The predicted octanol–water partition coefficient (Wildman–Crippen LogP) is 12.4. The third-order valence-electron chi connectivity index (χ3n) is 10.9. The fourth-order valence-electron chi connectivity index (χ4n) is 8.54. The van der Waals surface area contributed by atoms with E-state index in [4.69, 9.17) is 14.7 Å². The van der Waals surface area contributed by atoms with Gasteiger partial charge in [-0.25, -0.2) is 9.97 Å². The minimum absolute atomic E-state index is 0.638. The molecule has 0 amide bonds. The van der Waals surface area contributed by atoms with Gasteiger partial charge in [0.25, 0.3) is 0 Å². The Labute approximate surface area is 303 Å². The molecular weight excluding hydrogens is 649 g/mol. The zero-order valence-corrected chi connectivity index (χ0v) is 28.4. The van der Waals surface area contributed by atoms with Crippen molar-refractivity contribution in [3.8, 4) is 45.5 Å². The Kier molecular flexibility index (Phi) is 5.71. The van der Waals surface area contributed by atoms with Gasteiger partial charge in [0.1, 0.15) is 11.5 Å². The highest BCUT2D eigenvalue weighted by Gasteiger charge is 2.26. The van der Waals surface area contributed by atoms with E-state index >= 15 is 0 Å². The maximum atomic E-state index is 6.58. The van der Waals surface area contributed by atoms with E-state index in [1.54, 1.807) is 0 Å². The van der Waals surface area contributed by atoms with E-state index < -0.39 is 0 Å². The molecule has 0 saturated carbocycles. The molecule has 0 spiro atoms. The highest BCUT2D eigenvalue weighted by molar-refractivity contribution is 6.14. The van der Waals surface area contributed by atoms with Gasteiger partial charge < -0.3 is 9.30 Å². The number of benzene rings is 8. The Morgan fingerprint density at radius 2 is 1.02 bits per heavy atom. The van der Waals surface area contributed by atoms with E-state index in [-0.39, 0.29) is 0 Å². The first kappa shape index (κ1) is 28.5. The van der Waals surface area contributed by atoms with Gasteiger partial charge in [0, 0.05) is 38.2 Å². The molecular formula is C48H28N4O. The minimum Gasteiger partial charge on any atom is -0.455 e. The molecule has 0 aliphatic carbocycles. The van der Waals surface area contributed by atoms with E-state index in [0.717, 1.165) is 77.5 Å². The van der Waals surface area contributed by atoms with Gasteiger partial charge in [-0.2, -0.15) is 0 Å². The maximum Gasteiger partial charge on any atom is 0.235 e. The molecule has 3 aromatic heterocycles. The molecule has 246 valence electrons. The van der Waals surface area contributed by atoms with Crippen molar-refractivity contribution in [2.45, 2.75) is 0 Å². The average molecular weight is 677 g/mol. The van der Waals surface area contributed by atoms with Crippen molar-refractivity contribution in [3.63, 3.8) is 0 Å². The maximum absolute atomic E-state index is 6.58. The first-order valence-electron chi connectivity index (χ1n) is 17.9. The lowest BCUT2D eigenvalue weighted by Crippen LogP contribution is -2.07. The van der Waals surface area contributed by atoms with Crippen molar-refractivity contribution >= 4 is 65.3 Å². The summed E-state index contributed by atoms with van der Waals surface area (Å²) >= 11 is 0. The van der Waals surface area contributed by atoms with E-state index in [9.17, 15) is 0 Å². The summed E-state index contributed by atoms with van der Waals surface area (Å²) in [6, 6.07) is 60.2. The number of nitrogens with zero attached hydrogens (tertiary/aromatic N) is 4. The molecule has 1 aliphatic rings. The van der Waals surface area contributed by atoms with Crippen LogP contribution in [0.1, 0.15) is 0 Å². The quantitative estimate of drug-likeness (QED) is 0.175. The van der Waals surface area contributed by atoms with Crippen LogP contribution in [0.25, 0.3) is 99.3 Å². The topological polar surface area (TPSA) is 44.9 Å². The fourth-order valence-corrected chi connectivity index (χ4v) is 8.54. The van der Waals surface area contributed by atoms with Gasteiger partial charge in [0.15, 0.2) is 0 Å². The molecule has 0 atom stereocenters. The first-order chi connectivity index (χ1) is 26.3. The summed E-state index contributed by atoms with van der Waals surface area (Å²) in [6.07, 6.45) is 0. The highest BCUT2D eigenvalue weighted by Crippen LogP contribution is 2.49. The van der Waals surface area contributed by atoms with Gasteiger partial charge in [0.05, 0.1) is 38.7 Å². The molecule has 5 nitrogen and oxygen atoms in total. The smallest absolute Gasteiger partial charge is 0.235 e. The van der Waals surface area contributed by atoms with Gasteiger partial charge in [0.2, 0.25) is 5.95 Å². The van der Waals surface area contributed by atoms with Crippen LogP contribution in [0.2, 0.25) is 0 Å². The summed E-state index contributed by atoms with van der Waals surface area (Å²) in [5.74, 6) is 2.26. The molecule has 4 heterocycles. The number of ether oxygens (including phenoxy) is 1. The van der Waals surface area contributed by atoms with Crippen LogP contribution in [0.5, 0.6) is 11.5 Å². The van der Waals surface area contributed by atoms with Crippen molar-refractivity contribution in [1.82, 2.24) is 19.1 Å². The summed E-state index contributed by atoms with van der Waals surface area (Å²) in [7, 11) is 0. The van der Waals surface area contributed by atoms with Crippen LogP contribution < -0.4 is 4.74 Å². The van der Waals surface area contributed by atoms with Gasteiger partial charge in [-0.15, -0.1) is 0 Å². The molecule has 11 aromatic rings. The summed E-state index contributed by atoms with van der Waals surface area (Å²) < 4.78 is 11.2. The molecule has 0 unspecified atom stereocenters. The summed E-state index contributed by atoms with van der Waals surface area (Å²) in [4.78, 5) is 10.6. The Morgan fingerprint density at radius 3 is 1.77 bits per heavy atom. The van der Waals surface area contributed by atoms with Gasteiger partial charge in [-0.1, -0.05) is 103 Å². The molecule has 5 heteroatoms. The van der Waals surface area contributed by atoms with Crippen LogP contribution in [0.4, 0.5) is 0 Å². The molecule has 0 fully saturated rings. The lowest BCUT2D eigenvalue weighted by Gasteiger charge is -2.22. The van der Waals surface area contributed by atoms with Crippen LogP contribution in [-0.4, -0.2) is 19.1 Å². The summed E-state index contributed by atoms with van der Waals surface area (Å²) in [6.45, 7) is 0. The number of fused-ring (bicyclic) bond motifs is 10. The van der Waals surface area contributed by atoms with Crippen molar-refractivity contribution in [2.24, 2.45) is 0 Å². The lowest BCUT2D eigenvalue weighted by atomic mass is 9.98. The van der Waals surface area contributed by atoms with Crippen LogP contribution in [-0.2, 0) is 0 Å². The van der Waals surface area contributed by atoms with Gasteiger partial charge in [-0.05, 0) is 83.2 Å². The zero-order valence-electron chi connectivity index (χ0n) is 28.4. The molecule has 1 aliphatic heterocycles. The second kappa shape index (κ2) is 10.6. The first-order valence-corrected chi connectivity index (χ1v) is 17.9. The fraction of sp³-hybridized carbons (Fsp3) is 0. The normalized spacial score (nSPS) is 12.3. The number of rotatable bonds is 3. The minimum atomic E-state index is 0.638. The van der Waals surface area contributed by atoms with Crippen molar-refractivity contribution in [3.05, 3.63) is 170 Å². The molecule has 0 bridgehead atoms. The Hall–Kier alpha value is -7.24. The van der Waals surface area contributed by atoms with E-state index in [0.29, 0.717) is 5.95 Å². The standard InChI is InChI=1S/C48H28N4O/c1-2-13-32(14-3-1)51-40-19-9-6-16-34(40)37-26-29(22-24-42(37)51)30-23-25-43-38(27-30)35-17-7-10-20-41(35)52(43)48-49-39-28-31-12-4-5-15-33(31)47-45(39)46(50-48)36-18-8-11-21-44(36)53-47/h1-28H. The largest absolute Gasteiger partial charge is 0.455 e. The van der Waals surface area contributed by atoms with Crippen LogP contribution in [0.15, 0.2) is 170 Å². The van der Waals surface area contributed by atoms with Crippen LogP contribution in [0.3, 0.4) is 0 Å². The third kappa shape index (κ3) is 4.02. The zero-order chi connectivity index (χ0) is 34.6. The molecule has 12 rings (SSSR count). The van der Waals surface area contributed by atoms with Crippen molar-refractivity contribution in [1.29, 1.82) is 0 Å². The Bertz CT molecular complexity index is 3320. The van der Waals surface area contributed by atoms with Crippen LogP contribution in [0, 0.1) is 0 Å². The second-order valence-electron chi connectivity index (χ2n) is 13.8. The van der Waals surface area contributed by atoms with Crippen molar-refractivity contribution in [2.75, 3.05) is 0 Å². The number of hydrogen-bond acceptors (Lipinski definition) is 3. The SMILES string of the molecule is c1ccc(-n2c3ccccc3c3cc(-c4ccc5c(c4)c4ccccc4n5-c4nc5c6c(c7ccccc7cc6n4)Oc4ccccc4-5)ccc32)cc1. The number of aromatic nitrogens is 4. The van der Waals surface area contributed by atoms with E-state index in [1.807, 2.05) is 18.2 Å². The van der Waals surface area contributed by atoms with E-state index in [2.05, 4.69) is 161 Å². The summed E-state index contributed by atoms with van der Waals surface area (Å²) in [5, 5.41) is 7.88. The summed E-state index contributed by atoms with van der Waals surface area (Å²) in [5.41, 5.74) is 10.7. The monoisotopic (exact) mass is 676 g/mol. The van der Waals surface area contributed by atoms with Gasteiger partial charge >= 0.3 is 0 Å². The molecule has 53 heavy (non-hydrogen) atoms. The molecule has 0 saturated heterocycles. The van der Waals surface area contributed by atoms with E-state index in [1.165, 1.54) is 27.4 Å².